The van der Waals surface area contributed by atoms with Crippen molar-refractivity contribution in [2.45, 2.75) is 25.4 Å². The summed E-state index contributed by atoms with van der Waals surface area (Å²) in [5.74, 6) is 1.24. The maximum absolute atomic E-state index is 13.7. The van der Waals surface area contributed by atoms with Gasteiger partial charge in [-0.15, -0.1) is 0 Å². The van der Waals surface area contributed by atoms with Crippen LogP contribution in [-0.4, -0.2) is 27.8 Å². The lowest BCUT2D eigenvalue weighted by molar-refractivity contribution is 0.0963. The fourth-order valence-electron chi connectivity index (χ4n) is 4.32. The van der Waals surface area contributed by atoms with Crippen LogP contribution in [0.3, 0.4) is 0 Å². The van der Waals surface area contributed by atoms with Crippen molar-refractivity contribution in [2.75, 3.05) is 12.0 Å². The molecule has 32 heavy (non-hydrogen) atoms. The Morgan fingerprint density at radius 1 is 0.906 bits per heavy atom. The number of fused-ring (bicyclic) bond motifs is 1. The molecule has 5 rings (SSSR count). The summed E-state index contributed by atoms with van der Waals surface area (Å²) >= 11 is 0. The van der Waals surface area contributed by atoms with Gasteiger partial charge < -0.3 is 4.74 Å². The van der Waals surface area contributed by atoms with Crippen molar-refractivity contribution in [1.29, 1.82) is 0 Å². The molecule has 2 unspecified atom stereocenters. The van der Waals surface area contributed by atoms with Crippen LogP contribution in [-0.2, 0) is 0 Å². The molecule has 1 aromatic heterocycles. The number of nitrogens with zero attached hydrogens (tertiary/aromatic N) is 4. The number of carbonyl (C=O) groups excluding carboxylic acids is 1. The predicted octanol–water partition coefficient (Wildman–Crippen LogP) is 4.98. The van der Waals surface area contributed by atoms with Crippen LogP contribution in [0, 0.1) is 6.92 Å². The van der Waals surface area contributed by atoms with E-state index in [4.69, 9.17) is 4.74 Å². The summed E-state index contributed by atoms with van der Waals surface area (Å²) < 4.78 is 7.21. The first kappa shape index (κ1) is 20.0. The Labute approximate surface area is 187 Å². The number of carbonyl (C=O) groups is 1. The molecule has 0 aliphatic carbocycles. The van der Waals surface area contributed by atoms with E-state index in [0.29, 0.717) is 17.9 Å². The van der Waals surface area contributed by atoms with Crippen LogP contribution in [0.5, 0.6) is 5.75 Å². The molecule has 4 aromatic rings. The predicted molar refractivity (Wildman–Crippen MR) is 123 cm³/mol. The average Bonchev–Trinajstić information content (AvgIpc) is 3.34. The molecule has 0 saturated heterocycles. The molecule has 6 nitrogen and oxygen atoms in total. The van der Waals surface area contributed by atoms with Gasteiger partial charge in [0.05, 0.1) is 19.2 Å². The zero-order valence-electron chi connectivity index (χ0n) is 18.1. The van der Waals surface area contributed by atoms with Crippen LogP contribution in [0.1, 0.15) is 45.6 Å². The van der Waals surface area contributed by atoms with Crippen molar-refractivity contribution in [3.63, 3.8) is 0 Å². The first-order valence-electron chi connectivity index (χ1n) is 10.6. The fourth-order valence-corrected chi connectivity index (χ4v) is 4.32. The topological polar surface area (TPSA) is 60.2 Å². The van der Waals surface area contributed by atoms with E-state index in [0.717, 1.165) is 16.9 Å². The van der Waals surface area contributed by atoms with E-state index in [2.05, 4.69) is 41.3 Å². The molecular formula is C26H24N4O2. The van der Waals surface area contributed by atoms with Gasteiger partial charge in [-0.25, -0.2) is 4.68 Å². The summed E-state index contributed by atoms with van der Waals surface area (Å²) in [5.41, 5.74) is 4.00. The molecular weight excluding hydrogens is 400 g/mol. The summed E-state index contributed by atoms with van der Waals surface area (Å²) in [7, 11) is 1.65. The van der Waals surface area contributed by atoms with E-state index in [-0.39, 0.29) is 18.0 Å². The van der Waals surface area contributed by atoms with Gasteiger partial charge in [-0.3, -0.25) is 9.69 Å². The van der Waals surface area contributed by atoms with E-state index < -0.39 is 0 Å². The number of aryl methyl sites for hydroxylation is 1. The number of rotatable bonds is 4. The minimum absolute atomic E-state index is 0.0278. The van der Waals surface area contributed by atoms with E-state index in [1.165, 1.54) is 11.9 Å². The number of methoxy groups -OCH3 is 1. The van der Waals surface area contributed by atoms with Crippen molar-refractivity contribution in [3.8, 4) is 5.75 Å². The van der Waals surface area contributed by atoms with Crippen molar-refractivity contribution >= 4 is 11.9 Å². The molecule has 2 heterocycles. The number of hydrogen-bond donors (Lipinski definition) is 0. The Morgan fingerprint density at radius 3 is 2.25 bits per heavy atom. The largest absolute Gasteiger partial charge is 0.497 e. The molecule has 0 saturated carbocycles. The molecule has 160 valence electrons. The SMILES string of the molecule is COc1ccc(C2CC(c3ccc(C)cc3)n3ncnc3N2C(=O)c2ccccc2)cc1. The summed E-state index contributed by atoms with van der Waals surface area (Å²) in [4.78, 5) is 20.0. The summed E-state index contributed by atoms with van der Waals surface area (Å²) in [6.07, 6.45) is 2.21. The van der Waals surface area contributed by atoms with E-state index in [1.54, 1.807) is 12.0 Å². The van der Waals surface area contributed by atoms with E-state index >= 15 is 0 Å². The van der Waals surface area contributed by atoms with Gasteiger partial charge in [0.15, 0.2) is 0 Å². The number of hydrogen-bond acceptors (Lipinski definition) is 4. The minimum Gasteiger partial charge on any atom is -0.497 e. The zero-order valence-corrected chi connectivity index (χ0v) is 18.1. The first-order valence-corrected chi connectivity index (χ1v) is 10.6. The first-order chi connectivity index (χ1) is 15.7. The third-order valence-electron chi connectivity index (χ3n) is 6.03. The lowest BCUT2D eigenvalue weighted by Gasteiger charge is -2.39. The van der Waals surface area contributed by atoms with Crippen molar-refractivity contribution in [2.24, 2.45) is 0 Å². The maximum Gasteiger partial charge on any atom is 0.261 e. The summed E-state index contributed by atoms with van der Waals surface area (Å²) in [6.45, 7) is 2.08. The Bertz CT molecular complexity index is 1220. The van der Waals surface area contributed by atoms with Crippen molar-refractivity contribution in [1.82, 2.24) is 14.8 Å². The lowest BCUT2D eigenvalue weighted by Crippen LogP contribution is -2.42. The zero-order chi connectivity index (χ0) is 22.1. The van der Waals surface area contributed by atoms with Gasteiger partial charge in [-0.1, -0.05) is 60.2 Å². The number of amides is 1. The molecule has 6 heteroatoms. The van der Waals surface area contributed by atoms with Crippen LogP contribution in [0.4, 0.5) is 5.95 Å². The number of anilines is 1. The molecule has 0 spiro atoms. The molecule has 2 atom stereocenters. The quantitative estimate of drug-likeness (QED) is 0.464. The minimum atomic E-state index is -0.198. The fraction of sp³-hybridized carbons (Fsp3) is 0.192. The Kier molecular flexibility index (Phi) is 5.19. The van der Waals surface area contributed by atoms with Gasteiger partial charge in [-0.2, -0.15) is 10.1 Å². The number of ether oxygens (including phenoxy) is 1. The Morgan fingerprint density at radius 2 is 1.56 bits per heavy atom. The maximum atomic E-state index is 13.7. The molecule has 3 aromatic carbocycles. The smallest absolute Gasteiger partial charge is 0.261 e. The van der Waals surface area contributed by atoms with E-state index in [9.17, 15) is 4.79 Å². The molecule has 1 amide bonds. The summed E-state index contributed by atoms with van der Waals surface area (Å²) in [5, 5.41) is 4.51. The second kappa shape index (κ2) is 8.30. The van der Waals surface area contributed by atoms with Gasteiger partial charge in [0, 0.05) is 5.56 Å². The molecule has 0 fully saturated rings. The average molecular weight is 425 g/mol. The Hall–Kier alpha value is -3.93. The third kappa shape index (κ3) is 3.54. The van der Waals surface area contributed by atoms with Gasteiger partial charge in [0.2, 0.25) is 5.95 Å². The van der Waals surface area contributed by atoms with Crippen LogP contribution in [0.2, 0.25) is 0 Å². The second-order valence-electron chi connectivity index (χ2n) is 8.00. The van der Waals surface area contributed by atoms with Crippen LogP contribution in [0.15, 0.2) is 85.2 Å². The number of benzene rings is 3. The highest BCUT2D eigenvalue weighted by Crippen LogP contribution is 2.42. The highest BCUT2D eigenvalue weighted by molar-refractivity contribution is 6.05. The van der Waals surface area contributed by atoms with Crippen LogP contribution in [0.25, 0.3) is 0 Å². The molecule has 0 bridgehead atoms. The molecule has 1 aliphatic heterocycles. The van der Waals surface area contributed by atoms with Crippen LogP contribution >= 0.6 is 0 Å². The highest BCUT2D eigenvalue weighted by atomic mass is 16.5. The molecule has 0 radical (unpaired) electrons. The standard InChI is InChI=1S/C26H24N4O2/c1-18-8-10-20(11-9-18)24-16-23(19-12-14-22(32-2)15-13-19)29(26-27-17-28-30(24)26)25(31)21-6-4-3-5-7-21/h3-15,17,23-24H,16H2,1-2H3. The van der Waals surface area contributed by atoms with Crippen LogP contribution < -0.4 is 9.64 Å². The van der Waals surface area contributed by atoms with Gasteiger partial charge in [-0.05, 0) is 48.7 Å². The summed E-state index contributed by atoms with van der Waals surface area (Å²) in [6, 6.07) is 25.5. The number of aromatic nitrogens is 3. The van der Waals surface area contributed by atoms with Gasteiger partial charge in [0.25, 0.3) is 5.91 Å². The lowest BCUT2D eigenvalue weighted by atomic mass is 9.91. The van der Waals surface area contributed by atoms with Gasteiger partial charge in [0.1, 0.15) is 12.1 Å². The third-order valence-corrected chi connectivity index (χ3v) is 6.03. The molecule has 1 aliphatic rings. The normalized spacial score (nSPS) is 17.6. The molecule has 0 N–H and O–H groups in total. The van der Waals surface area contributed by atoms with Gasteiger partial charge >= 0.3 is 0 Å². The van der Waals surface area contributed by atoms with E-state index in [1.807, 2.05) is 59.3 Å². The monoisotopic (exact) mass is 424 g/mol. The highest BCUT2D eigenvalue weighted by Gasteiger charge is 2.39. The van der Waals surface area contributed by atoms with Crippen molar-refractivity contribution < 1.29 is 9.53 Å². The Balaban J connectivity index is 1.63. The van der Waals surface area contributed by atoms with Crippen molar-refractivity contribution in [3.05, 3.63) is 107 Å². The second-order valence-corrected chi connectivity index (χ2v) is 8.00.